The number of halogens is 3. The minimum Gasteiger partial charge on any atom is -0.451 e. The largest absolute Gasteiger partial charge is 0.451 e. The van der Waals surface area contributed by atoms with Crippen LogP contribution in [-0.2, 0) is 0 Å². The normalized spacial score (nSPS) is 15.5. The van der Waals surface area contributed by atoms with Crippen molar-refractivity contribution in [1.82, 2.24) is 0 Å². The molecule has 1 saturated carbocycles. The van der Waals surface area contributed by atoms with Gasteiger partial charge in [-0.2, -0.15) is 0 Å². The van der Waals surface area contributed by atoms with Gasteiger partial charge in [-0.1, -0.05) is 34.8 Å². The molecular weight excluding hydrogens is 282 g/mol. The Morgan fingerprint density at radius 1 is 1.18 bits per heavy atom. The maximum atomic E-state index is 11.9. The Kier molecular flexibility index (Phi) is 2.62. The molecule has 0 amide bonds. The summed E-state index contributed by atoms with van der Waals surface area (Å²) in [5, 5.41) is 1.68. The van der Waals surface area contributed by atoms with E-state index in [0.717, 1.165) is 12.8 Å². The van der Waals surface area contributed by atoms with Crippen LogP contribution in [0.25, 0.3) is 11.0 Å². The first kappa shape index (κ1) is 11.4. The van der Waals surface area contributed by atoms with Gasteiger partial charge in [-0.15, -0.1) is 0 Å². The van der Waals surface area contributed by atoms with Crippen molar-refractivity contribution in [2.75, 3.05) is 0 Å². The predicted molar refractivity (Wildman–Crippen MR) is 68.3 cm³/mol. The maximum Gasteiger partial charge on any atom is 0.201 e. The van der Waals surface area contributed by atoms with Gasteiger partial charge >= 0.3 is 0 Å². The third-order valence-electron chi connectivity index (χ3n) is 2.84. The van der Waals surface area contributed by atoms with Gasteiger partial charge in [0.1, 0.15) is 0 Å². The summed E-state index contributed by atoms with van der Waals surface area (Å²) in [6.45, 7) is 0. The van der Waals surface area contributed by atoms with Crippen LogP contribution in [0.3, 0.4) is 0 Å². The van der Waals surface area contributed by atoms with Crippen LogP contribution in [0.15, 0.2) is 16.5 Å². The van der Waals surface area contributed by atoms with Gasteiger partial charge in [0.15, 0.2) is 11.3 Å². The zero-order valence-corrected chi connectivity index (χ0v) is 10.9. The fraction of sp³-hybridized carbons (Fsp3) is 0.250. The Hall–Kier alpha value is -0.700. The average molecular weight is 290 g/mol. The third kappa shape index (κ3) is 1.85. The van der Waals surface area contributed by atoms with E-state index >= 15 is 0 Å². The average Bonchev–Trinajstić information content (AvgIpc) is 3.03. The van der Waals surface area contributed by atoms with E-state index in [-0.39, 0.29) is 11.7 Å². The SMILES string of the molecule is O=C(c1cc2c(Cl)c(Cl)cc(Cl)c2o1)C1CC1. The Labute approximate surface area is 112 Å². The number of fused-ring (bicyclic) bond motifs is 1. The van der Waals surface area contributed by atoms with Crippen molar-refractivity contribution < 1.29 is 9.21 Å². The van der Waals surface area contributed by atoms with E-state index in [1.807, 2.05) is 0 Å². The first-order valence-electron chi connectivity index (χ1n) is 5.19. The molecule has 1 aliphatic rings. The molecule has 0 radical (unpaired) electrons. The highest BCUT2D eigenvalue weighted by Crippen LogP contribution is 2.40. The number of rotatable bonds is 2. The Morgan fingerprint density at radius 2 is 1.88 bits per heavy atom. The van der Waals surface area contributed by atoms with Gasteiger partial charge in [0.2, 0.25) is 5.78 Å². The maximum absolute atomic E-state index is 11.9. The molecule has 1 heterocycles. The molecule has 0 saturated heterocycles. The molecule has 5 heteroatoms. The number of hydrogen-bond donors (Lipinski definition) is 0. The smallest absolute Gasteiger partial charge is 0.201 e. The van der Waals surface area contributed by atoms with Crippen molar-refractivity contribution in [3.8, 4) is 0 Å². The van der Waals surface area contributed by atoms with Crippen molar-refractivity contribution in [2.24, 2.45) is 5.92 Å². The molecule has 0 aliphatic heterocycles. The van der Waals surface area contributed by atoms with Crippen LogP contribution in [0.4, 0.5) is 0 Å². The van der Waals surface area contributed by atoms with Crippen LogP contribution < -0.4 is 0 Å². The zero-order valence-electron chi connectivity index (χ0n) is 8.60. The fourth-order valence-corrected chi connectivity index (χ4v) is 2.48. The van der Waals surface area contributed by atoms with Gasteiger partial charge in [-0.3, -0.25) is 4.79 Å². The van der Waals surface area contributed by atoms with Crippen LogP contribution in [0.2, 0.25) is 15.1 Å². The lowest BCUT2D eigenvalue weighted by atomic mass is 10.2. The number of carbonyl (C=O) groups is 1. The van der Waals surface area contributed by atoms with Gasteiger partial charge in [-0.05, 0) is 25.0 Å². The van der Waals surface area contributed by atoms with Crippen molar-refractivity contribution >= 4 is 51.6 Å². The molecule has 1 aromatic heterocycles. The minimum absolute atomic E-state index is 0.0180. The summed E-state index contributed by atoms with van der Waals surface area (Å²) in [5.74, 6) is 0.432. The van der Waals surface area contributed by atoms with E-state index in [2.05, 4.69) is 0 Å². The van der Waals surface area contributed by atoms with Crippen molar-refractivity contribution in [2.45, 2.75) is 12.8 Å². The molecule has 3 rings (SSSR count). The number of furan rings is 1. The lowest BCUT2D eigenvalue weighted by Crippen LogP contribution is -1.98. The Morgan fingerprint density at radius 3 is 2.53 bits per heavy atom. The van der Waals surface area contributed by atoms with E-state index < -0.39 is 0 Å². The molecule has 17 heavy (non-hydrogen) atoms. The zero-order chi connectivity index (χ0) is 12.2. The van der Waals surface area contributed by atoms with E-state index in [1.54, 1.807) is 6.07 Å². The van der Waals surface area contributed by atoms with Gasteiger partial charge < -0.3 is 4.42 Å². The minimum atomic E-state index is 0.0180. The Balaban J connectivity index is 2.21. The van der Waals surface area contributed by atoms with Crippen molar-refractivity contribution in [3.05, 3.63) is 33.0 Å². The van der Waals surface area contributed by atoms with Gasteiger partial charge in [0.05, 0.1) is 15.1 Å². The molecule has 88 valence electrons. The molecule has 0 unspecified atom stereocenters. The number of hydrogen-bond acceptors (Lipinski definition) is 2. The predicted octanol–water partition coefficient (Wildman–Crippen LogP) is 4.99. The highest BCUT2D eigenvalue weighted by Gasteiger charge is 2.33. The lowest BCUT2D eigenvalue weighted by Gasteiger charge is -1.97. The molecule has 0 bridgehead atoms. The first-order valence-corrected chi connectivity index (χ1v) is 6.32. The molecular formula is C12H7Cl3O2. The molecule has 1 fully saturated rings. The molecule has 2 nitrogen and oxygen atoms in total. The second-order valence-corrected chi connectivity index (χ2v) is 5.34. The summed E-state index contributed by atoms with van der Waals surface area (Å²) in [6.07, 6.45) is 1.86. The molecule has 0 spiro atoms. The van der Waals surface area contributed by atoms with E-state index in [1.165, 1.54) is 6.07 Å². The first-order chi connectivity index (χ1) is 8.08. The van der Waals surface area contributed by atoms with Crippen molar-refractivity contribution in [1.29, 1.82) is 0 Å². The summed E-state index contributed by atoms with van der Waals surface area (Å²) in [6, 6.07) is 3.14. The highest BCUT2D eigenvalue weighted by atomic mass is 35.5. The van der Waals surface area contributed by atoms with Crippen LogP contribution in [-0.4, -0.2) is 5.78 Å². The van der Waals surface area contributed by atoms with Gasteiger partial charge in [-0.25, -0.2) is 0 Å². The van der Waals surface area contributed by atoms with E-state index in [0.29, 0.717) is 31.8 Å². The lowest BCUT2D eigenvalue weighted by molar-refractivity contribution is 0.0942. The molecule has 2 aromatic rings. The van der Waals surface area contributed by atoms with Crippen LogP contribution in [0, 0.1) is 5.92 Å². The van der Waals surface area contributed by atoms with E-state index in [9.17, 15) is 4.79 Å². The second-order valence-electron chi connectivity index (χ2n) is 4.15. The highest BCUT2D eigenvalue weighted by molar-refractivity contribution is 6.47. The standard InChI is InChI=1S/C12H7Cl3O2/c13-7-4-8(14)12-6(10(7)15)3-9(17-12)11(16)5-1-2-5/h3-5H,1-2H2. The van der Waals surface area contributed by atoms with E-state index in [4.69, 9.17) is 39.2 Å². The summed E-state index contributed by atoms with van der Waals surface area (Å²) in [4.78, 5) is 11.9. The van der Waals surface area contributed by atoms with Gasteiger partial charge in [0, 0.05) is 11.3 Å². The van der Waals surface area contributed by atoms with Gasteiger partial charge in [0.25, 0.3) is 0 Å². The van der Waals surface area contributed by atoms with Crippen LogP contribution >= 0.6 is 34.8 Å². The third-order valence-corrected chi connectivity index (χ3v) is 3.92. The number of benzene rings is 1. The van der Waals surface area contributed by atoms with Crippen molar-refractivity contribution in [3.63, 3.8) is 0 Å². The summed E-state index contributed by atoms with van der Waals surface area (Å²) >= 11 is 18.0. The number of ketones is 1. The summed E-state index contributed by atoms with van der Waals surface area (Å²) in [7, 11) is 0. The summed E-state index contributed by atoms with van der Waals surface area (Å²) in [5.41, 5.74) is 0.421. The molecule has 1 aliphatic carbocycles. The number of carbonyl (C=O) groups excluding carboxylic acids is 1. The quantitative estimate of drug-likeness (QED) is 0.576. The Bertz CT molecular complexity index is 626. The van der Waals surface area contributed by atoms with Crippen LogP contribution in [0.5, 0.6) is 0 Å². The van der Waals surface area contributed by atoms with Crippen LogP contribution in [0.1, 0.15) is 23.4 Å². The number of Topliss-reactive ketones (excluding diaryl/α,β-unsaturated/α-hetero) is 1. The molecule has 0 N–H and O–H groups in total. The molecule has 0 atom stereocenters. The summed E-state index contributed by atoms with van der Waals surface area (Å²) < 4.78 is 5.47. The molecule has 1 aromatic carbocycles. The fourth-order valence-electron chi connectivity index (χ4n) is 1.77. The monoisotopic (exact) mass is 288 g/mol. The topological polar surface area (TPSA) is 30.2 Å². The second kappa shape index (κ2) is 3.91.